The molecule has 136 valence electrons. The van der Waals surface area contributed by atoms with E-state index in [4.69, 9.17) is 25.5 Å². The van der Waals surface area contributed by atoms with E-state index in [0.717, 1.165) is 11.3 Å². The Bertz CT molecular complexity index is 1020. The van der Waals surface area contributed by atoms with Crippen LogP contribution in [0.1, 0.15) is 27.8 Å². The molecule has 0 radical (unpaired) electrons. The number of hydrogen-bond donors (Lipinski definition) is 1. The zero-order valence-electron chi connectivity index (χ0n) is 14.1. The van der Waals surface area contributed by atoms with Crippen LogP contribution in [0.2, 0.25) is 5.02 Å². The highest BCUT2D eigenvalue weighted by atomic mass is 35.5. The summed E-state index contributed by atoms with van der Waals surface area (Å²) in [5.41, 5.74) is 2.20. The number of benzene rings is 2. The summed E-state index contributed by atoms with van der Waals surface area (Å²) in [5, 5.41) is 3.88. The van der Waals surface area contributed by atoms with E-state index in [-0.39, 0.29) is 12.7 Å². The van der Waals surface area contributed by atoms with Gasteiger partial charge < -0.3 is 24.1 Å². The molecule has 1 amide bonds. The molecule has 7 heteroatoms. The molecule has 1 aromatic heterocycles. The van der Waals surface area contributed by atoms with Gasteiger partial charge in [0.1, 0.15) is 11.9 Å². The summed E-state index contributed by atoms with van der Waals surface area (Å²) in [7, 11) is 0. The highest BCUT2D eigenvalue weighted by molar-refractivity contribution is 6.32. The lowest BCUT2D eigenvalue weighted by Crippen LogP contribution is -2.42. The summed E-state index contributed by atoms with van der Waals surface area (Å²) in [5.74, 6) is 1.71. The molecular weight excluding hydrogens is 368 g/mol. The smallest absolute Gasteiger partial charge is 0.258 e. The van der Waals surface area contributed by atoms with Crippen molar-refractivity contribution in [3.63, 3.8) is 0 Å². The van der Waals surface area contributed by atoms with Gasteiger partial charge >= 0.3 is 0 Å². The summed E-state index contributed by atoms with van der Waals surface area (Å²) in [6.07, 6.45) is 1.17. The van der Waals surface area contributed by atoms with E-state index in [1.165, 1.54) is 0 Å². The van der Waals surface area contributed by atoms with Gasteiger partial charge in [-0.3, -0.25) is 4.79 Å². The van der Waals surface area contributed by atoms with Crippen LogP contribution in [-0.4, -0.2) is 17.6 Å². The summed E-state index contributed by atoms with van der Waals surface area (Å²) >= 11 is 6.37. The van der Waals surface area contributed by atoms with Crippen LogP contribution >= 0.6 is 11.6 Å². The molecule has 0 saturated heterocycles. The Morgan fingerprint density at radius 3 is 2.89 bits per heavy atom. The van der Waals surface area contributed by atoms with Gasteiger partial charge in [-0.25, -0.2) is 0 Å². The number of amides is 1. The van der Waals surface area contributed by atoms with Gasteiger partial charge in [-0.2, -0.15) is 0 Å². The Labute approximate surface area is 160 Å². The standard InChI is InChI=1S/C20H15ClN2O4/c21-15-8-12(9-17-18(15)27-11-26-17)19-22-16-6-2-1-5-14(16)20(24)23(19)10-13-4-3-7-25-13/h1-9,19,22H,10-11H2/t19-/m1/s1. The maximum atomic E-state index is 13.2. The number of ether oxygens (including phenoxy) is 2. The van der Waals surface area contributed by atoms with E-state index in [0.29, 0.717) is 34.4 Å². The van der Waals surface area contributed by atoms with Gasteiger partial charge in [-0.1, -0.05) is 23.7 Å². The first-order chi connectivity index (χ1) is 13.2. The predicted molar refractivity (Wildman–Crippen MR) is 99.0 cm³/mol. The SMILES string of the molecule is O=C1c2ccccc2N[C@@H](c2cc(Cl)c3c(c2)OCO3)N1Cc1ccco1. The second-order valence-corrected chi connectivity index (χ2v) is 6.75. The van der Waals surface area contributed by atoms with Gasteiger partial charge in [-0.05, 0) is 36.4 Å². The van der Waals surface area contributed by atoms with E-state index >= 15 is 0 Å². The van der Waals surface area contributed by atoms with Crippen LogP contribution in [-0.2, 0) is 6.54 Å². The number of para-hydroxylation sites is 1. The highest BCUT2D eigenvalue weighted by Gasteiger charge is 2.34. The lowest BCUT2D eigenvalue weighted by molar-refractivity contribution is 0.0651. The number of nitrogens with zero attached hydrogens (tertiary/aromatic N) is 1. The van der Waals surface area contributed by atoms with E-state index in [2.05, 4.69) is 5.32 Å². The number of hydrogen-bond acceptors (Lipinski definition) is 5. The molecule has 2 aromatic carbocycles. The largest absolute Gasteiger partial charge is 0.467 e. The second-order valence-electron chi connectivity index (χ2n) is 6.34. The first kappa shape index (κ1) is 16.1. The minimum absolute atomic E-state index is 0.0838. The van der Waals surface area contributed by atoms with Gasteiger partial charge in [0.2, 0.25) is 6.79 Å². The van der Waals surface area contributed by atoms with Crippen molar-refractivity contribution in [3.8, 4) is 11.5 Å². The van der Waals surface area contributed by atoms with Crippen LogP contribution < -0.4 is 14.8 Å². The first-order valence-corrected chi connectivity index (χ1v) is 8.86. The minimum atomic E-state index is -0.426. The van der Waals surface area contributed by atoms with Gasteiger partial charge in [0.25, 0.3) is 5.91 Å². The van der Waals surface area contributed by atoms with Crippen LogP contribution in [0.3, 0.4) is 0 Å². The van der Waals surface area contributed by atoms with Crippen molar-refractivity contribution in [1.82, 2.24) is 4.90 Å². The van der Waals surface area contributed by atoms with Crippen molar-refractivity contribution < 1.29 is 18.7 Å². The Balaban J connectivity index is 1.60. The molecule has 0 unspecified atom stereocenters. The molecule has 3 aromatic rings. The van der Waals surface area contributed by atoms with E-state index in [1.54, 1.807) is 23.3 Å². The van der Waals surface area contributed by atoms with Crippen molar-refractivity contribution in [1.29, 1.82) is 0 Å². The molecule has 27 heavy (non-hydrogen) atoms. The second kappa shape index (κ2) is 6.25. The Morgan fingerprint density at radius 1 is 1.15 bits per heavy atom. The fraction of sp³-hybridized carbons (Fsp3) is 0.150. The summed E-state index contributed by atoms with van der Waals surface area (Å²) in [4.78, 5) is 14.9. The maximum absolute atomic E-state index is 13.2. The molecule has 0 aliphatic carbocycles. The van der Waals surface area contributed by atoms with E-state index in [1.807, 2.05) is 36.4 Å². The lowest BCUT2D eigenvalue weighted by Gasteiger charge is -2.37. The maximum Gasteiger partial charge on any atom is 0.258 e. The number of halogens is 1. The van der Waals surface area contributed by atoms with E-state index < -0.39 is 6.17 Å². The molecule has 1 N–H and O–H groups in total. The monoisotopic (exact) mass is 382 g/mol. The van der Waals surface area contributed by atoms with Crippen LogP contribution in [0.5, 0.6) is 11.5 Å². The van der Waals surface area contributed by atoms with Crippen molar-refractivity contribution >= 4 is 23.2 Å². The predicted octanol–water partition coefficient (Wildman–Crippen LogP) is 4.43. The summed E-state index contributed by atoms with van der Waals surface area (Å²) in [6.45, 7) is 0.457. The normalized spacial score (nSPS) is 17.6. The van der Waals surface area contributed by atoms with Crippen LogP contribution in [0.4, 0.5) is 5.69 Å². The third-order valence-electron chi connectivity index (χ3n) is 4.69. The van der Waals surface area contributed by atoms with Crippen molar-refractivity contribution in [2.24, 2.45) is 0 Å². The molecule has 5 rings (SSSR count). The van der Waals surface area contributed by atoms with Gasteiger partial charge in [0.15, 0.2) is 11.5 Å². The highest BCUT2D eigenvalue weighted by Crippen LogP contribution is 2.43. The molecule has 2 aliphatic rings. The Morgan fingerprint density at radius 2 is 2.04 bits per heavy atom. The van der Waals surface area contributed by atoms with Crippen molar-refractivity contribution in [2.45, 2.75) is 12.7 Å². The fourth-order valence-corrected chi connectivity index (χ4v) is 3.71. The summed E-state index contributed by atoms with van der Waals surface area (Å²) < 4.78 is 16.3. The number of carbonyl (C=O) groups is 1. The van der Waals surface area contributed by atoms with Gasteiger partial charge in [0, 0.05) is 11.3 Å². The molecule has 6 nitrogen and oxygen atoms in total. The topological polar surface area (TPSA) is 63.9 Å². The Kier molecular flexibility index (Phi) is 3.72. The van der Waals surface area contributed by atoms with Crippen molar-refractivity contribution in [3.05, 3.63) is 76.7 Å². The van der Waals surface area contributed by atoms with Crippen LogP contribution in [0.25, 0.3) is 0 Å². The third-order valence-corrected chi connectivity index (χ3v) is 4.97. The molecule has 3 heterocycles. The molecule has 0 saturated carbocycles. The molecule has 0 fully saturated rings. The number of rotatable bonds is 3. The number of furan rings is 1. The molecular formula is C20H15ClN2O4. The Hall–Kier alpha value is -3.12. The molecule has 0 spiro atoms. The number of anilines is 1. The minimum Gasteiger partial charge on any atom is -0.467 e. The van der Waals surface area contributed by atoms with Crippen LogP contribution in [0, 0.1) is 0 Å². The molecule has 2 aliphatic heterocycles. The van der Waals surface area contributed by atoms with Gasteiger partial charge in [-0.15, -0.1) is 0 Å². The number of nitrogens with one attached hydrogen (secondary N) is 1. The quantitative estimate of drug-likeness (QED) is 0.726. The zero-order valence-corrected chi connectivity index (χ0v) is 14.9. The van der Waals surface area contributed by atoms with Gasteiger partial charge in [0.05, 0.1) is 23.4 Å². The van der Waals surface area contributed by atoms with Crippen molar-refractivity contribution in [2.75, 3.05) is 12.1 Å². The average Bonchev–Trinajstić information content (AvgIpc) is 3.35. The number of fused-ring (bicyclic) bond motifs is 2. The average molecular weight is 383 g/mol. The lowest BCUT2D eigenvalue weighted by atomic mass is 10.0. The van der Waals surface area contributed by atoms with E-state index in [9.17, 15) is 4.79 Å². The molecule has 1 atom stereocenters. The fourth-order valence-electron chi connectivity index (χ4n) is 3.43. The van der Waals surface area contributed by atoms with Crippen LogP contribution in [0.15, 0.2) is 59.2 Å². The summed E-state index contributed by atoms with van der Waals surface area (Å²) in [6, 6.07) is 14.7. The zero-order chi connectivity index (χ0) is 18.4. The number of carbonyl (C=O) groups excluding carboxylic acids is 1. The third kappa shape index (κ3) is 2.69. The molecule has 0 bridgehead atoms. The first-order valence-electron chi connectivity index (χ1n) is 8.48.